The Morgan fingerprint density at radius 2 is 1.86 bits per heavy atom. The van der Waals surface area contributed by atoms with Gasteiger partial charge in [0.25, 0.3) is 0 Å². The maximum Gasteiger partial charge on any atom is 1.00 e. The van der Waals surface area contributed by atoms with Crippen molar-refractivity contribution in [2.24, 2.45) is 7.05 Å². The molecule has 0 aliphatic heterocycles. The number of halogens is 3. The van der Waals surface area contributed by atoms with E-state index in [1.807, 2.05) is 6.92 Å². The van der Waals surface area contributed by atoms with E-state index in [2.05, 4.69) is 5.10 Å². The molecule has 0 aliphatic rings. The van der Waals surface area contributed by atoms with Crippen molar-refractivity contribution in [3.63, 3.8) is 0 Å². The number of hydrogen-bond acceptors (Lipinski definition) is 2. The number of aryl methyl sites for hydroxylation is 3. The van der Waals surface area contributed by atoms with Crippen LogP contribution >= 0.6 is 0 Å². The minimum atomic E-state index is -5.09. The maximum atomic E-state index is 13.0. The fraction of sp³-hybridized carbons (Fsp3) is 0.308. The van der Waals surface area contributed by atoms with Crippen LogP contribution in [0.15, 0.2) is 24.3 Å². The van der Waals surface area contributed by atoms with Gasteiger partial charge in [0.15, 0.2) is 0 Å². The number of aromatic nitrogens is 2. The van der Waals surface area contributed by atoms with Crippen molar-refractivity contribution in [3.8, 4) is 5.75 Å². The molecule has 8 heteroatoms. The molecule has 1 aromatic heterocycles. The van der Waals surface area contributed by atoms with Gasteiger partial charge in [0.05, 0.1) is 17.1 Å². The van der Waals surface area contributed by atoms with Crippen LogP contribution in [0.4, 0.5) is 12.9 Å². The molecule has 1 heterocycles. The van der Waals surface area contributed by atoms with Crippen LogP contribution in [0.1, 0.15) is 17.0 Å². The molecule has 0 saturated heterocycles. The van der Waals surface area contributed by atoms with Gasteiger partial charge in [-0.05, 0) is 26.0 Å². The second-order valence-electron chi connectivity index (χ2n) is 4.81. The second kappa shape index (κ2) is 7.32. The first-order chi connectivity index (χ1) is 9.27. The number of hydrogen-bond donors (Lipinski definition) is 0. The van der Waals surface area contributed by atoms with Crippen molar-refractivity contribution in [3.05, 3.63) is 41.2 Å². The Labute approximate surface area is 164 Å². The van der Waals surface area contributed by atoms with Crippen molar-refractivity contribution in [1.82, 2.24) is 9.78 Å². The molecule has 0 aliphatic carbocycles. The Morgan fingerprint density at radius 3 is 2.38 bits per heavy atom. The Morgan fingerprint density at radius 1 is 1.19 bits per heavy atom. The first-order valence-corrected chi connectivity index (χ1v) is 6.20. The standard InChI is InChI=1S/C13H15BF3N2O.K/c1-9-4-5-13(12(6-9)14(15,16)17)20-8-11-7-10(2)18-19(11)3;/h4-7H,8H2,1-3H3;/q-1;+1. The van der Waals surface area contributed by atoms with E-state index in [-0.39, 0.29) is 63.7 Å². The topological polar surface area (TPSA) is 27.1 Å². The van der Waals surface area contributed by atoms with Crippen LogP contribution in [-0.4, -0.2) is 16.8 Å². The Hall–Kier alpha value is -0.279. The zero-order chi connectivity index (χ0) is 14.9. The summed E-state index contributed by atoms with van der Waals surface area (Å²) in [4.78, 5) is 0. The fourth-order valence-corrected chi connectivity index (χ4v) is 2.01. The second-order valence-corrected chi connectivity index (χ2v) is 4.81. The van der Waals surface area contributed by atoms with Gasteiger partial charge in [0, 0.05) is 7.05 Å². The zero-order valence-corrected chi connectivity index (χ0v) is 15.7. The van der Waals surface area contributed by atoms with Gasteiger partial charge in [-0.2, -0.15) is 5.10 Å². The molecule has 0 N–H and O–H groups in total. The summed E-state index contributed by atoms with van der Waals surface area (Å²) in [5, 5.41) is 4.13. The molecule has 0 unspecified atom stereocenters. The van der Waals surface area contributed by atoms with Crippen LogP contribution in [-0.2, 0) is 13.7 Å². The third kappa shape index (κ3) is 4.85. The molecule has 108 valence electrons. The molecule has 21 heavy (non-hydrogen) atoms. The van der Waals surface area contributed by atoms with Gasteiger partial charge < -0.3 is 17.7 Å². The van der Waals surface area contributed by atoms with E-state index < -0.39 is 12.4 Å². The maximum absolute atomic E-state index is 13.0. The van der Waals surface area contributed by atoms with Gasteiger partial charge in [-0.1, -0.05) is 23.2 Å². The van der Waals surface area contributed by atoms with E-state index >= 15 is 0 Å². The summed E-state index contributed by atoms with van der Waals surface area (Å²) in [5.41, 5.74) is 1.39. The summed E-state index contributed by atoms with van der Waals surface area (Å²) in [7, 11) is 1.73. The van der Waals surface area contributed by atoms with Crippen molar-refractivity contribution in [2.75, 3.05) is 0 Å². The van der Waals surface area contributed by atoms with Crippen LogP contribution in [0.5, 0.6) is 5.75 Å². The van der Waals surface area contributed by atoms with E-state index in [0.717, 1.165) is 17.5 Å². The minimum absolute atomic E-state index is 0. The SMILES string of the molecule is Cc1ccc(OCc2cc(C)nn2C)c([B-](F)(F)F)c1.[K+]. The molecule has 0 atom stereocenters. The Bertz CT molecular complexity index is 628. The van der Waals surface area contributed by atoms with Gasteiger partial charge in [-0.3, -0.25) is 4.68 Å². The normalized spacial score (nSPS) is 11.1. The van der Waals surface area contributed by atoms with Crippen LogP contribution < -0.4 is 61.6 Å². The molecule has 2 rings (SSSR count). The average molecular weight is 322 g/mol. The summed E-state index contributed by atoms with van der Waals surface area (Å²) in [6.07, 6.45) is 0. The smallest absolute Gasteiger partial charge is 0.490 e. The zero-order valence-electron chi connectivity index (χ0n) is 12.5. The molecular weight excluding hydrogens is 307 g/mol. The third-order valence-corrected chi connectivity index (χ3v) is 2.99. The predicted octanol–water partition coefficient (Wildman–Crippen LogP) is -0.326. The van der Waals surface area contributed by atoms with Gasteiger partial charge in [0.2, 0.25) is 0 Å². The summed E-state index contributed by atoms with van der Waals surface area (Å²) in [6.45, 7) is -1.59. The molecule has 3 nitrogen and oxygen atoms in total. The molecular formula is C13H15BF3KN2O. The van der Waals surface area contributed by atoms with Crippen molar-refractivity contribution >= 4 is 12.4 Å². The number of ether oxygens (including phenoxy) is 1. The predicted molar refractivity (Wildman–Crippen MR) is 72.2 cm³/mol. The van der Waals surface area contributed by atoms with Gasteiger partial charge in [-0.15, -0.1) is 0 Å². The monoisotopic (exact) mass is 322 g/mol. The summed E-state index contributed by atoms with van der Waals surface area (Å²) < 4.78 is 45.9. The van der Waals surface area contributed by atoms with Gasteiger partial charge in [0.1, 0.15) is 6.61 Å². The van der Waals surface area contributed by atoms with Crippen molar-refractivity contribution in [2.45, 2.75) is 20.5 Å². The van der Waals surface area contributed by atoms with Crippen molar-refractivity contribution in [1.29, 1.82) is 0 Å². The van der Waals surface area contributed by atoms with E-state index in [9.17, 15) is 12.9 Å². The summed E-state index contributed by atoms with van der Waals surface area (Å²) in [5.74, 6) is -0.137. The molecule has 0 amide bonds. The van der Waals surface area contributed by atoms with Gasteiger partial charge >= 0.3 is 58.4 Å². The summed E-state index contributed by atoms with van der Waals surface area (Å²) in [6, 6.07) is 5.87. The fourth-order valence-electron chi connectivity index (χ4n) is 2.01. The molecule has 0 saturated carbocycles. The van der Waals surface area contributed by atoms with Crippen molar-refractivity contribution < 1.29 is 69.1 Å². The summed E-state index contributed by atoms with van der Waals surface area (Å²) >= 11 is 0. The Kier molecular flexibility index (Phi) is 6.55. The average Bonchev–Trinajstić information content (AvgIpc) is 2.65. The molecule has 0 bridgehead atoms. The quantitative estimate of drug-likeness (QED) is 0.721. The first-order valence-electron chi connectivity index (χ1n) is 6.20. The van der Waals surface area contributed by atoms with E-state index in [0.29, 0.717) is 5.56 Å². The molecule has 0 fully saturated rings. The van der Waals surface area contributed by atoms with Crippen LogP contribution in [0.25, 0.3) is 0 Å². The van der Waals surface area contributed by atoms with E-state index in [1.54, 1.807) is 30.8 Å². The van der Waals surface area contributed by atoms with Crippen LogP contribution in [0.2, 0.25) is 0 Å². The number of rotatable bonds is 4. The molecule has 1 aromatic carbocycles. The van der Waals surface area contributed by atoms with E-state index in [4.69, 9.17) is 4.74 Å². The molecule has 2 aromatic rings. The molecule has 0 spiro atoms. The third-order valence-electron chi connectivity index (χ3n) is 2.99. The largest absolute Gasteiger partial charge is 1.00 e. The molecule has 0 radical (unpaired) electrons. The first kappa shape index (κ1) is 18.8. The number of nitrogens with zero attached hydrogens (tertiary/aromatic N) is 2. The van der Waals surface area contributed by atoms with Crippen LogP contribution in [0, 0.1) is 13.8 Å². The van der Waals surface area contributed by atoms with Gasteiger partial charge in [-0.25, -0.2) is 0 Å². The Balaban J connectivity index is 0.00000220. The number of benzene rings is 1. The van der Waals surface area contributed by atoms with Crippen LogP contribution in [0.3, 0.4) is 0 Å². The minimum Gasteiger partial charge on any atom is -0.490 e. The van der Waals surface area contributed by atoms with E-state index in [1.165, 1.54) is 6.07 Å².